The molecular formula is C11H12O5S. The highest BCUT2D eigenvalue weighted by Crippen LogP contribution is 2.16. The lowest BCUT2D eigenvalue weighted by Crippen LogP contribution is -2.02. The van der Waals surface area contributed by atoms with Gasteiger partial charge in [0.25, 0.3) is 10.1 Å². The van der Waals surface area contributed by atoms with Gasteiger partial charge >= 0.3 is 5.97 Å². The van der Waals surface area contributed by atoms with Crippen LogP contribution in [-0.2, 0) is 19.6 Å². The third-order valence-corrected chi connectivity index (χ3v) is 2.81. The summed E-state index contributed by atoms with van der Waals surface area (Å²) in [5.74, 6) is -0.572. The maximum atomic E-state index is 11.1. The van der Waals surface area contributed by atoms with Gasteiger partial charge in [0.15, 0.2) is 0 Å². The van der Waals surface area contributed by atoms with Crippen LogP contribution in [0.1, 0.15) is 12.5 Å². The quantitative estimate of drug-likeness (QED) is 0.501. The molecule has 0 aliphatic heterocycles. The highest BCUT2D eigenvalue weighted by molar-refractivity contribution is 7.85. The van der Waals surface area contributed by atoms with Crippen molar-refractivity contribution >= 4 is 22.2 Å². The van der Waals surface area contributed by atoms with E-state index >= 15 is 0 Å². The van der Waals surface area contributed by atoms with E-state index in [1.807, 2.05) is 0 Å². The van der Waals surface area contributed by atoms with Gasteiger partial charge in [-0.2, -0.15) is 8.42 Å². The van der Waals surface area contributed by atoms with Gasteiger partial charge < -0.3 is 4.74 Å². The molecule has 6 heteroatoms. The molecule has 0 spiro atoms. The predicted molar refractivity (Wildman–Crippen MR) is 61.9 cm³/mol. The lowest BCUT2D eigenvalue weighted by atomic mass is 10.2. The molecule has 1 rings (SSSR count). The molecule has 92 valence electrons. The lowest BCUT2D eigenvalue weighted by Gasteiger charge is -2.01. The molecule has 0 radical (unpaired) electrons. The van der Waals surface area contributed by atoms with Gasteiger partial charge in [-0.15, -0.1) is 0 Å². The third-order valence-electron chi connectivity index (χ3n) is 1.88. The van der Waals surface area contributed by atoms with Crippen LogP contribution in [0.2, 0.25) is 0 Å². The van der Waals surface area contributed by atoms with E-state index in [2.05, 4.69) is 4.74 Å². The second kappa shape index (κ2) is 5.60. The fourth-order valence-electron chi connectivity index (χ4n) is 1.20. The van der Waals surface area contributed by atoms with E-state index in [0.29, 0.717) is 0 Å². The first-order chi connectivity index (χ1) is 7.95. The van der Waals surface area contributed by atoms with Crippen molar-refractivity contribution in [2.45, 2.75) is 11.8 Å². The summed E-state index contributed by atoms with van der Waals surface area (Å²) < 4.78 is 35.7. The Labute approximate surface area is 99.5 Å². The minimum Gasteiger partial charge on any atom is -0.463 e. The Morgan fingerprint density at radius 1 is 1.41 bits per heavy atom. The van der Waals surface area contributed by atoms with Crippen molar-refractivity contribution in [2.24, 2.45) is 0 Å². The van der Waals surface area contributed by atoms with E-state index < -0.39 is 16.1 Å². The zero-order chi connectivity index (χ0) is 12.9. The maximum absolute atomic E-state index is 11.1. The Hall–Kier alpha value is -1.66. The molecule has 0 unspecified atom stereocenters. The fourth-order valence-corrected chi connectivity index (χ4v) is 1.89. The Bertz CT molecular complexity index is 531. The standard InChI is InChI=1S/C11H12O5S/c1-2-16-11(12)8-7-9-5-3-4-6-10(9)17(13,14)15/h3-8H,2H2,1H3,(H,13,14,15). The highest BCUT2D eigenvalue weighted by Gasteiger charge is 2.12. The van der Waals surface area contributed by atoms with Crippen LogP contribution in [0, 0.1) is 0 Å². The first-order valence-electron chi connectivity index (χ1n) is 4.86. The van der Waals surface area contributed by atoms with Gasteiger partial charge in [-0.3, -0.25) is 4.55 Å². The van der Waals surface area contributed by atoms with Crippen LogP contribution in [0.3, 0.4) is 0 Å². The minimum atomic E-state index is -4.30. The van der Waals surface area contributed by atoms with E-state index in [9.17, 15) is 13.2 Å². The first-order valence-corrected chi connectivity index (χ1v) is 6.30. The number of ether oxygens (including phenoxy) is 1. The monoisotopic (exact) mass is 256 g/mol. The minimum absolute atomic E-state index is 0.225. The topological polar surface area (TPSA) is 80.7 Å². The molecule has 5 nitrogen and oxygen atoms in total. The van der Waals surface area contributed by atoms with Gasteiger partial charge in [0, 0.05) is 6.08 Å². The molecule has 0 saturated heterocycles. The molecule has 0 fully saturated rings. The fraction of sp³-hybridized carbons (Fsp3) is 0.182. The summed E-state index contributed by atoms with van der Waals surface area (Å²) in [5.41, 5.74) is 0.225. The second-order valence-electron chi connectivity index (χ2n) is 3.10. The third kappa shape index (κ3) is 4.01. The summed E-state index contributed by atoms with van der Waals surface area (Å²) in [6, 6.07) is 5.79. The molecule has 0 aliphatic rings. The van der Waals surface area contributed by atoms with E-state index in [0.717, 1.165) is 6.08 Å². The summed E-state index contributed by atoms with van der Waals surface area (Å²) in [4.78, 5) is 10.8. The van der Waals surface area contributed by atoms with Crippen LogP contribution >= 0.6 is 0 Å². The molecular weight excluding hydrogens is 244 g/mol. The number of hydrogen-bond acceptors (Lipinski definition) is 4. The summed E-state index contributed by atoms with van der Waals surface area (Å²) in [6.07, 6.45) is 2.38. The molecule has 1 N–H and O–H groups in total. The number of esters is 1. The summed E-state index contributed by atoms with van der Waals surface area (Å²) in [6.45, 7) is 1.90. The zero-order valence-corrected chi connectivity index (χ0v) is 9.98. The van der Waals surface area contributed by atoms with Crippen LogP contribution in [-0.4, -0.2) is 25.5 Å². The van der Waals surface area contributed by atoms with Crippen molar-refractivity contribution in [1.29, 1.82) is 0 Å². The van der Waals surface area contributed by atoms with E-state index in [-0.39, 0.29) is 17.1 Å². The van der Waals surface area contributed by atoms with Crippen LogP contribution in [0.5, 0.6) is 0 Å². The molecule has 17 heavy (non-hydrogen) atoms. The number of carbonyl (C=O) groups excluding carboxylic acids is 1. The molecule has 1 aromatic rings. The van der Waals surface area contributed by atoms with Crippen LogP contribution in [0.4, 0.5) is 0 Å². The van der Waals surface area contributed by atoms with E-state index in [4.69, 9.17) is 4.55 Å². The summed E-state index contributed by atoms with van der Waals surface area (Å²) >= 11 is 0. The average Bonchev–Trinajstić information content (AvgIpc) is 2.26. The zero-order valence-electron chi connectivity index (χ0n) is 9.16. The Kier molecular flexibility index (Phi) is 4.42. The van der Waals surface area contributed by atoms with Crippen LogP contribution in [0.15, 0.2) is 35.2 Å². The molecule has 0 heterocycles. The Morgan fingerprint density at radius 2 is 2.06 bits per heavy atom. The number of carbonyl (C=O) groups is 1. The molecule has 0 saturated carbocycles. The number of benzene rings is 1. The first kappa shape index (κ1) is 13.4. The Morgan fingerprint density at radius 3 is 2.65 bits per heavy atom. The lowest BCUT2D eigenvalue weighted by molar-refractivity contribution is -0.137. The smallest absolute Gasteiger partial charge is 0.330 e. The van der Waals surface area contributed by atoms with Crippen molar-refractivity contribution in [3.8, 4) is 0 Å². The predicted octanol–water partition coefficient (Wildman–Crippen LogP) is 1.51. The molecule has 0 aromatic heterocycles. The van der Waals surface area contributed by atoms with Crippen molar-refractivity contribution in [3.63, 3.8) is 0 Å². The van der Waals surface area contributed by atoms with Gasteiger partial charge in [-0.05, 0) is 24.6 Å². The Balaban J connectivity index is 3.04. The van der Waals surface area contributed by atoms with Crippen LogP contribution < -0.4 is 0 Å². The molecule has 0 bridgehead atoms. The molecule has 0 amide bonds. The van der Waals surface area contributed by atoms with Crippen molar-refractivity contribution in [1.82, 2.24) is 0 Å². The molecule has 1 aromatic carbocycles. The highest BCUT2D eigenvalue weighted by atomic mass is 32.2. The van der Waals surface area contributed by atoms with Crippen LogP contribution in [0.25, 0.3) is 6.08 Å². The number of hydrogen-bond donors (Lipinski definition) is 1. The largest absolute Gasteiger partial charge is 0.463 e. The van der Waals surface area contributed by atoms with Gasteiger partial charge in [-0.1, -0.05) is 18.2 Å². The summed E-state index contributed by atoms with van der Waals surface area (Å²) in [5, 5.41) is 0. The van der Waals surface area contributed by atoms with Crippen molar-refractivity contribution in [2.75, 3.05) is 6.61 Å². The maximum Gasteiger partial charge on any atom is 0.330 e. The average molecular weight is 256 g/mol. The summed E-state index contributed by atoms with van der Waals surface area (Å²) in [7, 11) is -4.30. The number of rotatable bonds is 4. The normalized spacial score (nSPS) is 11.6. The van der Waals surface area contributed by atoms with Gasteiger partial charge in [0.1, 0.15) is 4.90 Å². The van der Waals surface area contributed by atoms with E-state index in [1.165, 1.54) is 24.3 Å². The van der Waals surface area contributed by atoms with E-state index in [1.54, 1.807) is 13.0 Å². The van der Waals surface area contributed by atoms with Gasteiger partial charge in [-0.25, -0.2) is 4.79 Å². The van der Waals surface area contributed by atoms with Crippen molar-refractivity contribution in [3.05, 3.63) is 35.9 Å². The second-order valence-corrected chi connectivity index (χ2v) is 4.49. The van der Waals surface area contributed by atoms with Gasteiger partial charge in [0.2, 0.25) is 0 Å². The molecule has 0 atom stereocenters. The van der Waals surface area contributed by atoms with Gasteiger partial charge in [0.05, 0.1) is 6.61 Å². The van der Waals surface area contributed by atoms with Crippen molar-refractivity contribution < 1.29 is 22.5 Å². The SMILES string of the molecule is CCOC(=O)C=Cc1ccccc1S(=O)(=O)O. The molecule has 0 aliphatic carbocycles.